The molecule has 3 heteroatoms. The van der Waals surface area contributed by atoms with Crippen molar-refractivity contribution < 1.29 is 9.84 Å². The molecule has 3 nitrogen and oxygen atoms in total. The summed E-state index contributed by atoms with van der Waals surface area (Å²) in [4.78, 5) is 4.34. The van der Waals surface area contributed by atoms with Gasteiger partial charge in [-0.05, 0) is 24.5 Å². The van der Waals surface area contributed by atoms with Crippen molar-refractivity contribution in [2.75, 3.05) is 6.61 Å². The van der Waals surface area contributed by atoms with Gasteiger partial charge in [0.25, 0.3) is 0 Å². The second-order valence-electron chi connectivity index (χ2n) is 3.48. The van der Waals surface area contributed by atoms with Gasteiger partial charge in [-0.15, -0.1) is 0 Å². The van der Waals surface area contributed by atoms with Gasteiger partial charge >= 0.3 is 0 Å². The van der Waals surface area contributed by atoms with Gasteiger partial charge in [0.1, 0.15) is 0 Å². The van der Waals surface area contributed by atoms with Gasteiger partial charge < -0.3 is 9.84 Å². The normalized spacial score (nSPS) is 10.6. The number of aromatic nitrogens is 1. The number of aliphatic hydroxyl groups excluding tert-OH is 1. The van der Waals surface area contributed by atoms with Crippen LogP contribution in [0.2, 0.25) is 0 Å². The Morgan fingerprint density at radius 2 is 2.14 bits per heavy atom. The molecule has 0 aromatic carbocycles. The summed E-state index contributed by atoms with van der Waals surface area (Å²) in [6.07, 6.45) is 0. The zero-order valence-corrected chi connectivity index (χ0v) is 8.95. The van der Waals surface area contributed by atoms with E-state index < -0.39 is 0 Å². The van der Waals surface area contributed by atoms with E-state index in [0.29, 0.717) is 18.4 Å². The first kappa shape index (κ1) is 11.0. The topological polar surface area (TPSA) is 42.4 Å². The molecule has 0 unspecified atom stereocenters. The summed E-state index contributed by atoms with van der Waals surface area (Å²) < 4.78 is 5.32. The molecule has 0 amide bonds. The molecule has 0 fully saturated rings. The second kappa shape index (κ2) is 4.96. The molecule has 0 saturated carbocycles. The van der Waals surface area contributed by atoms with Gasteiger partial charge in [0, 0.05) is 11.8 Å². The smallest absolute Gasteiger partial charge is 0.213 e. The van der Waals surface area contributed by atoms with E-state index in [2.05, 4.69) is 18.8 Å². The van der Waals surface area contributed by atoms with Gasteiger partial charge in [0.15, 0.2) is 0 Å². The molecule has 0 radical (unpaired) electrons. The first-order chi connectivity index (χ1) is 6.67. The van der Waals surface area contributed by atoms with Gasteiger partial charge in [0.05, 0.1) is 13.2 Å². The van der Waals surface area contributed by atoms with Crippen molar-refractivity contribution in [1.29, 1.82) is 0 Å². The Kier molecular flexibility index (Phi) is 3.89. The van der Waals surface area contributed by atoms with Crippen LogP contribution < -0.4 is 4.74 Å². The van der Waals surface area contributed by atoms with Crippen molar-refractivity contribution in [2.24, 2.45) is 0 Å². The molecule has 0 saturated heterocycles. The van der Waals surface area contributed by atoms with E-state index in [1.165, 1.54) is 0 Å². The number of hydrogen-bond donors (Lipinski definition) is 1. The molecule has 1 N–H and O–H groups in total. The number of pyridine rings is 1. The Labute approximate surface area is 84.7 Å². The molecule has 1 heterocycles. The number of hydrogen-bond acceptors (Lipinski definition) is 3. The van der Waals surface area contributed by atoms with Crippen LogP contribution in [0.1, 0.15) is 37.9 Å². The molecule has 0 aliphatic carbocycles. The third-order valence-corrected chi connectivity index (χ3v) is 1.95. The lowest BCUT2D eigenvalue weighted by Gasteiger charge is -2.09. The van der Waals surface area contributed by atoms with E-state index in [1.54, 1.807) is 6.07 Å². The van der Waals surface area contributed by atoms with Gasteiger partial charge in [-0.3, -0.25) is 0 Å². The lowest BCUT2D eigenvalue weighted by molar-refractivity contribution is 0.278. The minimum Gasteiger partial charge on any atom is -0.478 e. The molecule has 78 valence electrons. The fourth-order valence-corrected chi connectivity index (χ4v) is 1.19. The summed E-state index contributed by atoms with van der Waals surface area (Å²) in [5.74, 6) is 0.948. The highest BCUT2D eigenvalue weighted by Gasteiger charge is 2.06. The summed E-state index contributed by atoms with van der Waals surface area (Å²) in [5, 5.41) is 9.05. The highest BCUT2D eigenvalue weighted by atomic mass is 16.5. The number of nitrogens with zero attached hydrogens (tertiary/aromatic N) is 1. The maximum absolute atomic E-state index is 9.05. The zero-order chi connectivity index (χ0) is 10.6. The van der Waals surface area contributed by atoms with Crippen LogP contribution in [0.25, 0.3) is 0 Å². The van der Waals surface area contributed by atoms with E-state index in [0.717, 1.165) is 11.3 Å². The molecule has 1 aromatic heterocycles. The van der Waals surface area contributed by atoms with Gasteiger partial charge in [-0.2, -0.15) is 0 Å². The molecule has 1 rings (SSSR count). The molecule has 0 aliphatic rings. The molecule has 0 aliphatic heterocycles. The van der Waals surface area contributed by atoms with Gasteiger partial charge in [0.2, 0.25) is 5.88 Å². The zero-order valence-electron chi connectivity index (χ0n) is 8.95. The van der Waals surface area contributed by atoms with Crippen LogP contribution in [-0.2, 0) is 6.61 Å². The van der Waals surface area contributed by atoms with E-state index in [9.17, 15) is 0 Å². The molecule has 0 spiro atoms. The van der Waals surface area contributed by atoms with Crippen LogP contribution in [0.5, 0.6) is 5.88 Å². The monoisotopic (exact) mass is 195 g/mol. The Bertz CT molecular complexity index is 297. The Morgan fingerprint density at radius 1 is 1.43 bits per heavy atom. The summed E-state index contributed by atoms with van der Waals surface area (Å²) in [6, 6.07) is 3.68. The molecule has 1 aromatic rings. The fourth-order valence-electron chi connectivity index (χ4n) is 1.19. The van der Waals surface area contributed by atoms with E-state index in [-0.39, 0.29) is 6.61 Å². The van der Waals surface area contributed by atoms with Crippen molar-refractivity contribution in [3.63, 3.8) is 0 Å². The van der Waals surface area contributed by atoms with Crippen LogP contribution in [0, 0.1) is 0 Å². The third-order valence-electron chi connectivity index (χ3n) is 1.95. The Balaban J connectivity index is 3.00. The van der Waals surface area contributed by atoms with E-state index >= 15 is 0 Å². The average molecular weight is 195 g/mol. The molecule has 0 bridgehead atoms. The highest BCUT2D eigenvalue weighted by molar-refractivity contribution is 5.26. The molecular formula is C11H17NO2. The van der Waals surface area contributed by atoms with Gasteiger partial charge in [-0.25, -0.2) is 4.98 Å². The second-order valence-corrected chi connectivity index (χ2v) is 3.48. The number of ether oxygens (including phenoxy) is 1. The number of rotatable bonds is 4. The lowest BCUT2D eigenvalue weighted by atomic mass is 10.1. The maximum atomic E-state index is 9.05. The van der Waals surface area contributed by atoms with Gasteiger partial charge in [-0.1, -0.05) is 13.8 Å². The Hall–Kier alpha value is -1.09. The minimum atomic E-state index is 0.0301. The fraction of sp³-hybridized carbons (Fsp3) is 0.545. The summed E-state index contributed by atoms with van der Waals surface area (Å²) >= 11 is 0. The Morgan fingerprint density at radius 3 is 2.64 bits per heavy atom. The minimum absolute atomic E-state index is 0.0301. The van der Waals surface area contributed by atoms with Crippen LogP contribution in [0.3, 0.4) is 0 Å². The SMILES string of the molecule is CCOc1cc(CO)cc(C(C)C)n1. The van der Waals surface area contributed by atoms with Crippen molar-refractivity contribution in [2.45, 2.75) is 33.3 Å². The third kappa shape index (κ3) is 2.70. The summed E-state index contributed by atoms with van der Waals surface area (Å²) in [7, 11) is 0. The predicted molar refractivity (Wildman–Crippen MR) is 55.4 cm³/mol. The van der Waals surface area contributed by atoms with E-state index in [4.69, 9.17) is 9.84 Å². The first-order valence-corrected chi connectivity index (χ1v) is 4.91. The number of aliphatic hydroxyl groups is 1. The van der Waals surface area contributed by atoms with Crippen molar-refractivity contribution in [1.82, 2.24) is 4.98 Å². The van der Waals surface area contributed by atoms with Crippen molar-refractivity contribution >= 4 is 0 Å². The summed E-state index contributed by atoms with van der Waals surface area (Å²) in [5.41, 5.74) is 1.81. The van der Waals surface area contributed by atoms with Crippen LogP contribution in [-0.4, -0.2) is 16.7 Å². The van der Waals surface area contributed by atoms with Crippen LogP contribution in [0.15, 0.2) is 12.1 Å². The highest BCUT2D eigenvalue weighted by Crippen LogP contribution is 2.18. The quantitative estimate of drug-likeness (QED) is 0.800. The van der Waals surface area contributed by atoms with Crippen LogP contribution >= 0.6 is 0 Å². The largest absolute Gasteiger partial charge is 0.478 e. The van der Waals surface area contributed by atoms with Crippen molar-refractivity contribution in [3.8, 4) is 5.88 Å². The van der Waals surface area contributed by atoms with Crippen molar-refractivity contribution in [3.05, 3.63) is 23.4 Å². The molecule has 14 heavy (non-hydrogen) atoms. The van der Waals surface area contributed by atoms with Crippen LogP contribution in [0.4, 0.5) is 0 Å². The average Bonchev–Trinajstić information content (AvgIpc) is 2.17. The maximum Gasteiger partial charge on any atom is 0.213 e. The van der Waals surface area contributed by atoms with E-state index in [1.807, 2.05) is 13.0 Å². The standard InChI is InChI=1S/C11H17NO2/c1-4-14-11-6-9(7-13)5-10(12-11)8(2)3/h5-6,8,13H,4,7H2,1-3H3. The predicted octanol–water partition coefficient (Wildman–Crippen LogP) is 2.10. The summed E-state index contributed by atoms with van der Waals surface area (Å²) in [6.45, 7) is 6.68. The first-order valence-electron chi connectivity index (χ1n) is 4.91. The lowest BCUT2D eigenvalue weighted by Crippen LogP contribution is -2.01. The molecular weight excluding hydrogens is 178 g/mol. The molecule has 0 atom stereocenters.